The van der Waals surface area contributed by atoms with Gasteiger partial charge in [0.05, 0.1) is 23.3 Å². The van der Waals surface area contributed by atoms with Crippen LogP contribution in [0.5, 0.6) is 23.0 Å². The average molecular weight is 1430 g/mol. The van der Waals surface area contributed by atoms with E-state index >= 15 is 0 Å². The third-order valence-corrected chi connectivity index (χ3v) is 20.5. The Hall–Kier alpha value is -9.42. The number of likely N-dealkylation sites (N-methyl/N-ethyl adjacent to an activating group) is 2. The lowest BCUT2D eigenvalue weighted by atomic mass is 9.94. The number of para-hydroxylation sites is 2. The normalized spacial score (nSPS) is 15.9. The predicted molar refractivity (Wildman–Crippen MR) is 393 cm³/mol. The number of nitrogens with one attached hydrogen (secondary N) is 2. The second-order valence-corrected chi connectivity index (χ2v) is 27.7. The molecule has 0 spiro atoms. The van der Waals surface area contributed by atoms with Crippen LogP contribution in [0.1, 0.15) is 47.9 Å². The summed E-state index contributed by atoms with van der Waals surface area (Å²) in [7, 11) is 4.27. The number of benzene rings is 6. The summed E-state index contributed by atoms with van der Waals surface area (Å²) in [6.07, 6.45) is 11.4. The smallest absolute Gasteiger partial charge is 0.326 e. The molecule has 532 valence electrons. The molecule has 4 fully saturated rings. The molecule has 2 aliphatic carbocycles. The summed E-state index contributed by atoms with van der Waals surface area (Å²) in [6.45, 7) is 15.9. The molecule has 4 N–H and O–H groups in total. The van der Waals surface area contributed by atoms with Gasteiger partial charge in [0.2, 0.25) is 0 Å². The zero-order valence-corrected chi connectivity index (χ0v) is 59.1. The number of carboxylic acids is 2. The van der Waals surface area contributed by atoms with Crippen LogP contribution >= 0.6 is 23.2 Å². The van der Waals surface area contributed by atoms with Gasteiger partial charge in [-0.25, -0.2) is 37.4 Å². The predicted octanol–water partition coefficient (Wildman–Crippen LogP) is 13.4. The second-order valence-electron chi connectivity index (χ2n) is 26.9. The number of anilines is 2. The van der Waals surface area contributed by atoms with E-state index in [9.17, 15) is 28.6 Å². The van der Waals surface area contributed by atoms with Crippen molar-refractivity contribution in [2.45, 2.75) is 64.5 Å². The molecule has 4 aliphatic rings. The summed E-state index contributed by atoms with van der Waals surface area (Å²) in [5, 5.41) is 37.3. The highest BCUT2D eigenvalue weighted by atomic mass is 35.5. The van der Waals surface area contributed by atoms with Crippen LogP contribution in [0.3, 0.4) is 0 Å². The van der Waals surface area contributed by atoms with Crippen LogP contribution in [0.15, 0.2) is 146 Å². The van der Waals surface area contributed by atoms with Crippen molar-refractivity contribution in [2.75, 3.05) is 117 Å². The van der Waals surface area contributed by atoms with Gasteiger partial charge in [-0.3, -0.25) is 9.80 Å². The highest BCUT2D eigenvalue weighted by Gasteiger charge is 2.31. The Morgan fingerprint density at radius 2 is 0.892 bits per heavy atom. The van der Waals surface area contributed by atoms with Crippen molar-refractivity contribution in [3.05, 3.63) is 190 Å². The Balaban J connectivity index is 0.000000182. The zero-order valence-electron chi connectivity index (χ0n) is 57.6. The summed E-state index contributed by atoms with van der Waals surface area (Å²) < 4.78 is 56.0. The second kappa shape index (κ2) is 32.3. The number of carbonyl (C=O) groups is 2. The molecule has 0 bridgehead atoms. The van der Waals surface area contributed by atoms with E-state index < -0.39 is 24.0 Å². The van der Waals surface area contributed by atoms with Crippen molar-refractivity contribution in [1.29, 1.82) is 0 Å². The quantitative estimate of drug-likeness (QED) is 0.0359. The summed E-state index contributed by atoms with van der Waals surface area (Å²) in [4.78, 5) is 44.1. The highest BCUT2D eigenvalue weighted by molar-refractivity contribution is 6.34. The number of nitrogens with zero attached hydrogens (tertiary/aromatic N) is 10. The van der Waals surface area contributed by atoms with Crippen molar-refractivity contribution in [1.82, 2.24) is 48.8 Å². The lowest BCUT2D eigenvalue weighted by molar-refractivity contribution is -0.138. The van der Waals surface area contributed by atoms with Crippen LogP contribution in [0.25, 0.3) is 55.5 Å². The summed E-state index contributed by atoms with van der Waals surface area (Å²) in [5.41, 5.74) is 10.3. The number of aromatic nitrogens is 6. The van der Waals surface area contributed by atoms with Gasteiger partial charge in [0.25, 0.3) is 0 Å². The number of ether oxygens (including phenoxy) is 4. The van der Waals surface area contributed by atoms with Gasteiger partial charge in [-0.2, -0.15) is 10.2 Å². The van der Waals surface area contributed by atoms with Gasteiger partial charge in [0.15, 0.2) is 11.6 Å². The van der Waals surface area contributed by atoms with Crippen LogP contribution < -0.4 is 29.6 Å². The fourth-order valence-corrected chi connectivity index (χ4v) is 13.5. The molecule has 0 unspecified atom stereocenters. The monoisotopic (exact) mass is 1420 g/mol. The van der Waals surface area contributed by atoms with E-state index in [0.717, 1.165) is 158 Å². The van der Waals surface area contributed by atoms with Gasteiger partial charge in [-0.15, -0.1) is 0 Å². The van der Waals surface area contributed by atoms with Crippen LogP contribution in [0.2, 0.25) is 10.0 Å². The summed E-state index contributed by atoms with van der Waals surface area (Å²) in [5.74, 6) is 1.55. The van der Waals surface area contributed by atoms with E-state index in [-0.39, 0.29) is 24.5 Å². The number of piperazine rings is 2. The molecule has 24 heteroatoms. The van der Waals surface area contributed by atoms with Gasteiger partial charge >= 0.3 is 11.9 Å². The van der Waals surface area contributed by atoms with Crippen molar-refractivity contribution >= 4 is 57.8 Å². The molecule has 6 heterocycles. The number of halogens is 4. The largest absolute Gasteiger partial charge is 0.493 e. The molecule has 4 aromatic heterocycles. The third-order valence-electron chi connectivity index (χ3n) is 19.6. The van der Waals surface area contributed by atoms with Gasteiger partial charge in [0.1, 0.15) is 83.6 Å². The number of hydrogen-bond donors (Lipinski definition) is 4. The molecule has 2 saturated heterocycles. The van der Waals surface area contributed by atoms with E-state index in [0.29, 0.717) is 94.0 Å². The number of aliphatic carboxylic acids is 2. The zero-order chi connectivity index (χ0) is 71.0. The Bertz CT molecular complexity index is 4310. The lowest BCUT2D eigenvalue weighted by Gasteiger charge is -2.32. The van der Waals surface area contributed by atoms with Gasteiger partial charge in [-0.05, 0) is 159 Å². The average Bonchev–Trinajstić information content (AvgIpc) is 1.63. The molecule has 2 aliphatic heterocycles. The van der Waals surface area contributed by atoms with Crippen molar-refractivity contribution in [3.63, 3.8) is 0 Å². The molecule has 6 aromatic carbocycles. The summed E-state index contributed by atoms with van der Waals surface area (Å²) >= 11 is 14.0. The van der Waals surface area contributed by atoms with Crippen LogP contribution in [0, 0.1) is 37.3 Å². The van der Waals surface area contributed by atoms with Gasteiger partial charge < -0.3 is 49.6 Å². The first kappa shape index (κ1) is 71.0. The first-order valence-electron chi connectivity index (χ1n) is 34.8. The Morgan fingerprint density at radius 3 is 1.26 bits per heavy atom. The minimum atomic E-state index is -1.04. The Morgan fingerprint density at radius 1 is 0.510 bits per heavy atom. The van der Waals surface area contributed by atoms with Crippen LogP contribution in [-0.4, -0.2) is 189 Å². The molecular weight excluding hydrogens is 1340 g/mol. The molecule has 0 amide bonds. The molecule has 20 nitrogen and oxygen atoms in total. The number of hydrogen-bond acceptors (Lipinski definition) is 16. The summed E-state index contributed by atoms with van der Waals surface area (Å²) in [6, 6.07) is 33.1. The van der Waals surface area contributed by atoms with Crippen molar-refractivity contribution < 1.29 is 47.5 Å². The molecular formula is C78H84Cl2F2N12O8. The first-order chi connectivity index (χ1) is 49.5. The first-order valence-corrected chi connectivity index (χ1v) is 35.6. The van der Waals surface area contributed by atoms with E-state index in [1.165, 1.54) is 36.9 Å². The fraction of sp³-hybridized carbons (Fsp3) is 0.359. The minimum absolute atomic E-state index is 0.165. The van der Waals surface area contributed by atoms with Crippen molar-refractivity contribution in [2.24, 2.45) is 11.8 Å². The molecule has 14 rings (SSSR count). The molecule has 2 saturated carbocycles. The van der Waals surface area contributed by atoms with E-state index in [1.54, 1.807) is 33.3 Å². The van der Waals surface area contributed by atoms with E-state index in [1.807, 2.05) is 99.0 Å². The number of carboxylic acid groups (broad SMARTS) is 2. The lowest BCUT2D eigenvalue weighted by Crippen LogP contribution is -2.45. The Labute approximate surface area is 601 Å². The molecule has 0 radical (unpaired) electrons. The van der Waals surface area contributed by atoms with E-state index in [4.69, 9.17) is 42.1 Å². The fourth-order valence-electron chi connectivity index (χ4n) is 13.1. The Kier molecular flexibility index (Phi) is 22.5. The molecule has 2 atom stereocenters. The maximum atomic E-state index is 14.1. The van der Waals surface area contributed by atoms with Crippen LogP contribution in [-0.2, 0) is 22.4 Å². The van der Waals surface area contributed by atoms with E-state index in [2.05, 4.69) is 64.5 Å². The SMILES string of the molecule is Cc1c(-c2c(-c3ccc(F)cc3)cn3ncnc(N[C@@H](Cc4ccccc4OCC4CC4)C(=O)O)c23)ccc(OCCN2CCN(C)CC2)c1Cl.Cc1c(-c2c(-c3ccc(F)cc3)cn3ncnc(N[C@H](Cc4ccccc4OCC4CC4)C(=O)O)c23)ccc(OCCN2CCN(C)CC2)c1Cl. The maximum Gasteiger partial charge on any atom is 0.326 e. The highest BCUT2D eigenvalue weighted by Crippen LogP contribution is 2.47. The third kappa shape index (κ3) is 17.0. The molecule has 102 heavy (non-hydrogen) atoms. The maximum absolute atomic E-state index is 14.1. The standard InChI is InChI=1S/2C39H42ClFN6O4/c2*1-25-30(13-14-34(36(25)40)50-20-19-46-17-15-45(2)16-18-46)35-31(27-9-11-29(41)12-10-27)22-47-37(35)38(42-24-43-47)44-32(39(48)49)21-28-5-3-4-6-33(28)51-23-26-7-8-26/h2*3-6,9-14,22,24,26,32H,7-8,15-21,23H2,1-2H3,(H,48,49)(H,42,43,44)/t2*32-/m10/s1. The van der Waals surface area contributed by atoms with Crippen molar-refractivity contribution in [3.8, 4) is 67.5 Å². The van der Waals surface area contributed by atoms with Gasteiger partial charge in [-0.1, -0.05) is 96.0 Å². The number of fused-ring (bicyclic) bond motifs is 2. The number of rotatable bonds is 28. The molecule has 10 aromatic rings. The van der Waals surface area contributed by atoms with Crippen LogP contribution in [0.4, 0.5) is 20.4 Å². The van der Waals surface area contributed by atoms with Gasteiger partial charge in [0, 0.05) is 113 Å². The minimum Gasteiger partial charge on any atom is -0.493 e. The topological polar surface area (TPSA) is 209 Å².